The van der Waals surface area contributed by atoms with Crippen molar-refractivity contribution >= 4 is 27.7 Å². The molecule has 5 nitrogen and oxygen atoms in total. The second kappa shape index (κ2) is 8.65. The monoisotopic (exact) mass is 461 g/mol. The third kappa shape index (κ3) is 4.38. The zero-order valence-electron chi connectivity index (χ0n) is 18.2. The van der Waals surface area contributed by atoms with Gasteiger partial charge in [-0.15, -0.1) is 0 Å². The average Bonchev–Trinajstić information content (AvgIpc) is 3.51. The van der Waals surface area contributed by atoms with Gasteiger partial charge in [0.1, 0.15) is 21.2 Å². The number of aliphatic carboxylic acids is 1. The van der Waals surface area contributed by atoms with E-state index in [4.69, 9.17) is 10.1 Å². The Morgan fingerprint density at radius 1 is 1.15 bits per heavy atom. The number of halogens is 1. The number of nitrogens with zero attached hydrogens (tertiary/aromatic N) is 2. The van der Waals surface area contributed by atoms with Gasteiger partial charge in [-0.3, -0.25) is 4.79 Å². The Kier molecular flexibility index (Phi) is 5.68. The zero-order chi connectivity index (χ0) is 23.0. The van der Waals surface area contributed by atoms with E-state index in [1.54, 1.807) is 13.0 Å². The predicted octanol–water partition coefficient (Wildman–Crippen LogP) is 5.53. The molecule has 1 fully saturated rings. The highest BCUT2D eigenvalue weighted by Gasteiger charge is 2.47. The van der Waals surface area contributed by atoms with E-state index in [1.807, 2.05) is 18.2 Å². The van der Waals surface area contributed by atoms with Crippen LogP contribution in [0.1, 0.15) is 43.0 Å². The van der Waals surface area contributed by atoms with Crippen LogP contribution in [-0.2, 0) is 16.8 Å². The lowest BCUT2D eigenvalue weighted by atomic mass is 9.92. The van der Waals surface area contributed by atoms with Crippen molar-refractivity contribution in [1.29, 1.82) is 0 Å². The summed E-state index contributed by atoms with van der Waals surface area (Å²) >= 11 is 1.41. The fourth-order valence-electron chi connectivity index (χ4n) is 4.24. The number of aromatic nitrogens is 2. The van der Waals surface area contributed by atoms with E-state index in [1.165, 1.54) is 23.0 Å². The highest BCUT2D eigenvalue weighted by Crippen LogP contribution is 2.53. The van der Waals surface area contributed by atoms with Crippen LogP contribution in [-0.4, -0.2) is 27.1 Å². The first-order valence-corrected chi connectivity index (χ1v) is 11.8. The third-order valence-electron chi connectivity index (χ3n) is 6.22. The fraction of sp³-hybridized carbons (Fsp3) is 0.269. The SMILES string of the molecule is CC(CC(=O)O)NCc1ccc(-c2nc3ccc(C4(c5ccccc5)CC4)nc3s2)c(F)c1. The summed E-state index contributed by atoms with van der Waals surface area (Å²) in [5, 5.41) is 12.6. The first-order valence-electron chi connectivity index (χ1n) is 11.0. The number of carbonyl (C=O) groups is 1. The summed E-state index contributed by atoms with van der Waals surface area (Å²) in [5.41, 5.74) is 4.30. The molecule has 168 valence electrons. The van der Waals surface area contributed by atoms with Crippen molar-refractivity contribution in [2.45, 2.75) is 44.2 Å². The van der Waals surface area contributed by atoms with Gasteiger partial charge in [-0.05, 0) is 55.2 Å². The van der Waals surface area contributed by atoms with Gasteiger partial charge in [0.15, 0.2) is 0 Å². The number of benzene rings is 2. The summed E-state index contributed by atoms with van der Waals surface area (Å²) in [6, 6.07) is 19.4. The minimum atomic E-state index is -0.861. The first-order chi connectivity index (χ1) is 15.9. The fourth-order valence-corrected chi connectivity index (χ4v) is 5.21. The van der Waals surface area contributed by atoms with Gasteiger partial charge in [0.2, 0.25) is 0 Å². The maximum absolute atomic E-state index is 14.9. The summed E-state index contributed by atoms with van der Waals surface area (Å²) in [7, 11) is 0. The molecule has 7 heteroatoms. The van der Waals surface area contributed by atoms with E-state index in [0.717, 1.165) is 34.4 Å². The van der Waals surface area contributed by atoms with Gasteiger partial charge in [-0.2, -0.15) is 0 Å². The third-order valence-corrected chi connectivity index (χ3v) is 7.22. The topological polar surface area (TPSA) is 75.1 Å². The van der Waals surface area contributed by atoms with Crippen molar-refractivity contribution in [2.75, 3.05) is 0 Å². The van der Waals surface area contributed by atoms with Crippen LogP contribution >= 0.6 is 11.3 Å². The Morgan fingerprint density at radius 2 is 1.94 bits per heavy atom. The number of pyridine rings is 1. The van der Waals surface area contributed by atoms with Crippen LogP contribution in [0.4, 0.5) is 4.39 Å². The number of thiazole rings is 1. The normalized spacial score (nSPS) is 15.5. The Balaban J connectivity index is 1.38. The van der Waals surface area contributed by atoms with Gasteiger partial charge < -0.3 is 10.4 Å². The summed E-state index contributed by atoms with van der Waals surface area (Å²) in [6.45, 7) is 2.20. The molecule has 1 unspecified atom stereocenters. The van der Waals surface area contributed by atoms with Gasteiger partial charge in [0.25, 0.3) is 0 Å². The van der Waals surface area contributed by atoms with Gasteiger partial charge >= 0.3 is 5.97 Å². The van der Waals surface area contributed by atoms with Crippen molar-refractivity contribution in [2.24, 2.45) is 0 Å². The Labute approximate surface area is 195 Å². The molecule has 0 aliphatic heterocycles. The van der Waals surface area contributed by atoms with Crippen LogP contribution in [0.5, 0.6) is 0 Å². The summed E-state index contributed by atoms with van der Waals surface area (Å²) in [6.07, 6.45) is 2.18. The van der Waals surface area contributed by atoms with E-state index < -0.39 is 5.97 Å². The van der Waals surface area contributed by atoms with Crippen LogP contribution < -0.4 is 5.32 Å². The maximum atomic E-state index is 14.9. The molecule has 5 rings (SSSR count). The smallest absolute Gasteiger partial charge is 0.304 e. The molecular formula is C26H24FN3O2S. The molecule has 1 aliphatic carbocycles. The molecular weight excluding hydrogens is 437 g/mol. The van der Waals surface area contributed by atoms with Gasteiger partial charge in [0, 0.05) is 23.6 Å². The standard InChI is InChI=1S/C26H24FN3O2S/c1-16(13-23(31)32)28-15-17-7-8-19(20(27)14-17)24-29-21-9-10-22(30-25(21)33-24)26(11-12-26)18-5-3-2-4-6-18/h2-10,14,16,28H,11-13,15H2,1H3,(H,31,32). The lowest BCUT2D eigenvalue weighted by Gasteiger charge is -2.14. The number of carboxylic acid groups (broad SMARTS) is 1. The van der Waals surface area contributed by atoms with Crippen molar-refractivity contribution in [1.82, 2.24) is 15.3 Å². The zero-order valence-corrected chi connectivity index (χ0v) is 19.0. The molecule has 2 N–H and O–H groups in total. The summed E-state index contributed by atoms with van der Waals surface area (Å²) in [4.78, 5) is 21.2. The quantitative estimate of drug-likeness (QED) is 0.361. The van der Waals surface area contributed by atoms with Crippen molar-refractivity contribution < 1.29 is 14.3 Å². The maximum Gasteiger partial charge on any atom is 0.304 e. The summed E-state index contributed by atoms with van der Waals surface area (Å²) in [5.74, 6) is -1.21. The number of carboxylic acids is 1. The molecule has 1 saturated carbocycles. The van der Waals surface area contributed by atoms with Crippen LogP contribution in [0.15, 0.2) is 60.7 Å². The molecule has 2 aromatic heterocycles. The van der Waals surface area contributed by atoms with Crippen molar-refractivity contribution in [3.63, 3.8) is 0 Å². The molecule has 2 heterocycles. The van der Waals surface area contributed by atoms with Gasteiger partial charge in [-0.25, -0.2) is 14.4 Å². The molecule has 1 aliphatic rings. The van der Waals surface area contributed by atoms with Gasteiger partial charge in [-0.1, -0.05) is 47.7 Å². The lowest BCUT2D eigenvalue weighted by molar-refractivity contribution is -0.137. The Morgan fingerprint density at radius 3 is 2.64 bits per heavy atom. The second-order valence-electron chi connectivity index (χ2n) is 8.68. The molecule has 0 amide bonds. The highest BCUT2D eigenvalue weighted by atomic mass is 32.1. The van der Waals surface area contributed by atoms with Crippen LogP contribution in [0.3, 0.4) is 0 Å². The minimum Gasteiger partial charge on any atom is -0.481 e. The largest absolute Gasteiger partial charge is 0.481 e. The molecule has 0 radical (unpaired) electrons. The van der Waals surface area contributed by atoms with Crippen LogP contribution in [0.2, 0.25) is 0 Å². The molecule has 0 bridgehead atoms. The Hall–Kier alpha value is -3.16. The van der Waals surface area contributed by atoms with Crippen molar-refractivity contribution in [3.8, 4) is 10.6 Å². The molecule has 0 saturated heterocycles. The molecule has 0 spiro atoms. The number of rotatable bonds is 8. The first kappa shape index (κ1) is 21.7. The molecule has 33 heavy (non-hydrogen) atoms. The number of nitrogens with one attached hydrogen (secondary N) is 1. The van der Waals surface area contributed by atoms with Gasteiger partial charge in [0.05, 0.1) is 12.1 Å². The summed E-state index contributed by atoms with van der Waals surface area (Å²) < 4.78 is 14.9. The van der Waals surface area contributed by atoms with Crippen LogP contribution in [0, 0.1) is 5.82 Å². The molecule has 4 aromatic rings. The van der Waals surface area contributed by atoms with Crippen molar-refractivity contribution in [3.05, 3.63) is 83.3 Å². The van der Waals surface area contributed by atoms with E-state index in [2.05, 4.69) is 40.6 Å². The van der Waals surface area contributed by atoms with E-state index in [-0.39, 0.29) is 23.7 Å². The highest BCUT2D eigenvalue weighted by molar-refractivity contribution is 7.21. The second-order valence-corrected chi connectivity index (χ2v) is 9.66. The van der Waals surface area contributed by atoms with Crippen LogP contribution in [0.25, 0.3) is 20.9 Å². The van der Waals surface area contributed by atoms with E-state index in [9.17, 15) is 9.18 Å². The number of fused-ring (bicyclic) bond motifs is 1. The van der Waals surface area contributed by atoms with E-state index in [0.29, 0.717) is 17.1 Å². The predicted molar refractivity (Wildman–Crippen MR) is 128 cm³/mol. The van der Waals surface area contributed by atoms with E-state index >= 15 is 0 Å². The molecule has 1 atom stereocenters. The average molecular weight is 462 g/mol. The number of hydrogen-bond donors (Lipinski definition) is 2. The molecule has 2 aromatic carbocycles. The Bertz CT molecular complexity index is 1320. The number of hydrogen-bond acceptors (Lipinski definition) is 5. The minimum absolute atomic E-state index is 0.0166. The lowest BCUT2D eigenvalue weighted by Crippen LogP contribution is -2.27.